The number of Topliss-reactive ketones (excluding diaryl/α,β-unsaturated/α-hetero) is 1. The molecule has 4 rings (SSSR count). The van der Waals surface area contributed by atoms with Crippen LogP contribution < -0.4 is 18.9 Å². The smallest absolute Gasteiger partial charge is 0.257 e. The number of hydrogen-bond acceptors (Lipinski definition) is 5. The second-order valence-electron chi connectivity index (χ2n) is 7.85. The molecule has 0 saturated heterocycles. The van der Waals surface area contributed by atoms with Gasteiger partial charge < -0.3 is 18.9 Å². The van der Waals surface area contributed by atoms with Gasteiger partial charge in [-0.2, -0.15) is 0 Å². The molecule has 1 aliphatic heterocycles. The van der Waals surface area contributed by atoms with Crippen LogP contribution in [0.4, 0.5) is 0 Å². The van der Waals surface area contributed by atoms with Crippen LogP contribution in [-0.2, 0) is 13.0 Å². The first kappa shape index (κ1) is 22.4. The fourth-order valence-electron chi connectivity index (χ4n) is 4.05. The molecule has 0 fully saturated rings. The number of methoxy groups -OCH3 is 3. The van der Waals surface area contributed by atoms with E-state index in [2.05, 4.69) is 0 Å². The highest BCUT2D eigenvalue weighted by Gasteiger charge is 2.32. The molecule has 0 aliphatic carbocycles. The number of ether oxygens (including phenoxy) is 4. The van der Waals surface area contributed by atoms with Crippen LogP contribution in [0.1, 0.15) is 27.0 Å². The molecule has 0 N–H and O–H groups in total. The van der Waals surface area contributed by atoms with Crippen molar-refractivity contribution >= 4 is 11.5 Å². The monoisotopic (exact) mass is 446 g/mol. The number of carbonyl (C=O) groups excluding carboxylic acids is 1. The lowest BCUT2D eigenvalue weighted by molar-refractivity contribution is -0.496. The molecule has 6 heteroatoms. The highest BCUT2D eigenvalue weighted by atomic mass is 16.5. The summed E-state index contributed by atoms with van der Waals surface area (Å²) in [6.45, 7) is 1.17. The van der Waals surface area contributed by atoms with Gasteiger partial charge in [-0.15, -0.1) is 0 Å². The van der Waals surface area contributed by atoms with Crippen molar-refractivity contribution in [2.45, 2.75) is 13.0 Å². The SMILES string of the molecule is COc1ccc(C(=O)C2=[N+](C)CCc3cc(OCc4ccccc4)c(OC)cc32)cc1OC. The van der Waals surface area contributed by atoms with Gasteiger partial charge in [-0.3, -0.25) is 4.79 Å². The molecule has 0 aromatic heterocycles. The standard InChI is InChI=1S/C27H28NO5/c1-28-13-12-19-14-25(33-17-18-8-6-5-7-9-18)24(32-4)16-21(19)26(28)27(29)20-10-11-22(30-2)23(15-20)31-3/h5-11,14-16H,12-13,17H2,1-4H3/q+1. The van der Waals surface area contributed by atoms with Crippen molar-refractivity contribution in [3.8, 4) is 23.0 Å². The molecule has 1 heterocycles. The van der Waals surface area contributed by atoms with Crippen molar-refractivity contribution in [1.29, 1.82) is 0 Å². The number of likely N-dealkylation sites (N-methyl/N-ethyl adjacent to an activating group) is 1. The van der Waals surface area contributed by atoms with Crippen molar-refractivity contribution in [1.82, 2.24) is 0 Å². The summed E-state index contributed by atoms with van der Waals surface area (Å²) in [4.78, 5) is 13.6. The summed E-state index contributed by atoms with van der Waals surface area (Å²) in [5, 5.41) is 0. The Morgan fingerprint density at radius 1 is 0.848 bits per heavy atom. The molecule has 0 unspecified atom stereocenters. The van der Waals surface area contributed by atoms with E-state index >= 15 is 0 Å². The third-order valence-electron chi connectivity index (χ3n) is 5.84. The number of nitrogens with zero attached hydrogens (tertiary/aromatic N) is 1. The molecule has 6 nitrogen and oxygen atoms in total. The van der Waals surface area contributed by atoms with E-state index in [9.17, 15) is 4.79 Å². The zero-order valence-electron chi connectivity index (χ0n) is 19.4. The number of hydrogen-bond donors (Lipinski definition) is 0. The van der Waals surface area contributed by atoms with Crippen LogP contribution in [0.25, 0.3) is 0 Å². The van der Waals surface area contributed by atoms with Gasteiger partial charge in [-0.25, -0.2) is 4.58 Å². The summed E-state index contributed by atoms with van der Waals surface area (Å²) in [7, 11) is 6.68. The molecule has 3 aromatic carbocycles. The predicted octanol–water partition coefficient (Wildman–Crippen LogP) is 4.16. The van der Waals surface area contributed by atoms with Crippen LogP contribution in [0, 0.1) is 0 Å². The zero-order chi connectivity index (χ0) is 23.4. The minimum Gasteiger partial charge on any atom is -0.493 e. The van der Waals surface area contributed by atoms with Crippen molar-refractivity contribution in [2.75, 3.05) is 34.9 Å². The molecule has 1 aliphatic rings. The number of carbonyl (C=O) groups is 1. The van der Waals surface area contributed by atoms with Gasteiger partial charge in [0.15, 0.2) is 23.0 Å². The largest absolute Gasteiger partial charge is 0.493 e. The van der Waals surface area contributed by atoms with E-state index in [0.29, 0.717) is 40.9 Å². The van der Waals surface area contributed by atoms with E-state index in [1.54, 1.807) is 39.5 Å². The van der Waals surface area contributed by atoms with Gasteiger partial charge in [0.2, 0.25) is 0 Å². The summed E-state index contributed by atoms with van der Waals surface area (Å²) in [6, 6.07) is 19.1. The minimum absolute atomic E-state index is 0.0839. The van der Waals surface area contributed by atoms with Crippen molar-refractivity contribution in [3.05, 3.63) is 82.9 Å². The Kier molecular flexibility index (Phi) is 6.63. The lowest BCUT2D eigenvalue weighted by Gasteiger charge is -2.19. The quantitative estimate of drug-likeness (QED) is 0.384. The summed E-state index contributed by atoms with van der Waals surface area (Å²) in [6.07, 6.45) is 0.806. The van der Waals surface area contributed by atoms with Crippen molar-refractivity contribution < 1.29 is 28.3 Å². The maximum absolute atomic E-state index is 13.6. The Morgan fingerprint density at radius 3 is 2.24 bits per heavy atom. The van der Waals surface area contributed by atoms with Gasteiger partial charge >= 0.3 is 0 Å². The highest BCUT2D eigenvalue weighted by Crippen LogP contribution is 2.34. The molecule has 0 amide bonds. The second kappa shape index (κ2) is 9.77. The average Bonchev–Trinajstić information content (AvgIpc) is 2.86. The fraction of sp³-hybridized carbons (Fsp3) is 0.259. The van der Waals surface area contributed by atoms with E-state index in [1.165, 1.54) is 0 Å². The number of benzene rings is 3. The van der Waals surface area contributed by atoms with E-state index in [1.807, 2.05) is 54.1 Å². The zero-order valence-corrected chi connectivity index (χ0v) is 19.4. The normalized spacial score (nSPS) is 12.7. The van der Waals surface area contributed by atoms with E-state index in [0.717, 1.165) is 29.7 Å². The van der Waals surface area contributed by atoms with Gasteiger partial charge in [0, 0.05) is 12.0 Å². The topological polar surface area (TPSA) is 57.0 Å². The summed E-state index contributed by atoms with van der Waals surface area (Å²) in [5.74, 6) is 2.28. The summed E-state index contributed by atoms with van der Waals surface area (Å²) >= 11 is 0. The first-order chi connectivity index (χ1) is 16.0. The van der Waals surface area contributed by atoms with Crippen LogP contribution >= 0.6 is 0 Å². The van der Waals surface area contributed by atoms with Gasteiger partial charge in [0.05, 0.1) is 26.9 Å². The van der Waals surface area contributed by atoms with Crippen LogP contribution in [0.15, 0.2) is 60.7 Å². The van der Waals surface area contributed by atoms with Gasteiger partial charge in [0.25, 0.3) is 11.5 Å². The molecule has 0 bridgehead atoms. The fourth-order valence-corrected chi connectivity index (χ4v) is 4.05. The Morgan fingerprint density at radius 2 is 1.55 bits per heavy atom. The van der Waals surface area contributed by atoms with Crippen LogP contribution in [0.2, 0.25) is 0 Å². The van der Waals surface area contributed by atoms with Crippen molar-refractivity contribution in [3.63, 3.8) is 0 Å². The first-order valence-electron chi connectivity index (χ1n) is 10.8. The summed E-state index contributed by atoms with van der Waals surface area (Å²) < 4.78 is 24.4. The molecule has 33 heavy (non-hydrogen) atoms. The molecule has 0 spiro atoms. The van der Waals surface area contributed by atoms with Gasteiger partial charge in [0.1, 0.15) is 20.2 Å². The second-order valence-corrected chi connectivity index (χ2v) is 7.85. The average molecular weight is 447 g/mol. The number of ketones is 1. The summed E-state index contributed by atoms with van der Waals surface area (Å²) in [5.41, 5.74) is 4.14. The lowest BCUT2D eigenvalue weighted by atomic mass is 9.91. The minimum atomic E-state index is -0.0839. The maximum atomic E-state index is 13.6. The molecular weight excluding hydrogens is 418 g/mol. The third kappa shape index (κ3) is 4.55. The Balaban J connectivity index is 1.69. The molecule has 0 atom stereocenters. The lowest BCUT2D eigenvalue weighted by Crippen LogP contribution is -2.33. The third-order valence-corrected chi connectivity index (χ3v) is 5.84. The Hall–Kier alpha value is -3.80. The maximum Gasteiger partial charge on any atom is 0.257 e. The number of rotatable bonds is 8. The molecule has 0 radical (unpaired) electrons. The Bertz CT molecular complexity index is 1200. The van der Waals surface area contributed by atoms with Crippen LogP contribution in [0.5, 0.6) is 23.0 Å². The molecular formula is C27H28NO5+. The molecule has 0 saturated carbocycles. The molecule has 170 valence electrons. The van der Waals surface area contributed by atoms with E-state index in [-0.39, 0.29) is 5.78 Å². The van der Waals surface area contributed by atoms with E-state index < -0.39 is 0 Å². The van der Waals surface area contributed by atoms with Crippen LogP contribution in [-0.4, -0.2) is 51.0 Å². The molecule has 3 aromatic rings. The first-order valence-corrected chi connectivity index (χ1v) is 10.8. The van der Waals surface area contributed by atoms with E-state index in [4.69, 9.17) is 18.9 Å². The van der Waals surface area contributed by atoms with Gasteiger partial charge in [-0.05, 0) is 41.5 Å². The number of fused-ring (bicyclic) bond motifs is 1. The van der Waals surface area contributed by atoms with Gasteiger partial charge in [-0.1, -0.05) is 30.3 Å². The van der Waals surface area contributed by atoms with Crippen molar-refractivity contribution in [2.24, 2.45) is 0 Å². The van der Waals surface area contributed by atoms with Crippen LogP contribution in [0.3, 0.4) is 0 Å². The Labute approximate surface area is 194 Å². The highest BCUT2D eigenvalue weighted by molar-refractivity contribution is 6.50. The predicted molar refractivity (Wildman–Crippen MR) is 127 cm³/mol.